The Bertz CT molecular complexity index is 656. The summed E-state index contributed by atoms with van der Waals surface area (Å²) in [6, 6.07) is 7.05. The smallest absolute Gasteiger partial charge is 0.321 e. The number of rotatable bonds is 7. The maximum absolute atomic E-state index is 12.0. The summed E-state index contributed by atoms with van der Waals surface area (Å²) in [5.41, 5.74) is 0.975. The number of imide groups is 1. The Balaban J connectivity index is 1.66. The second-order valence-corrected chi connectivity index (χ2v) is 6.79. The highest BCUT2D eigenvalue weighted by atomic mass is 16.5. The van der Waals surface area contributed by atoms with Crippen LogP contribution in [0.3, 0.4) is 0 Å². The molecule has 7 heteroatoms. The van der Waals surface area contributed by atoms with E-state index in [1.165, 1.54) is 13.3 Å². The number of amides is 3. The molecule has 0 bridgehead atoms. The topological polar surface area (TPSA) is 93.7 Å². The molecule has 1 unspecified atom stereocenters. The van der Waals surface area contributed by atoms with Gasteiger partial charge < -0.3 is 14.8 Å². The highest BCUT2D eigenvalue weighted by Crippen LogP contribution is 2.17. The lowest BCUT2D eigenvalue weighted by atomic mass is 9.96. The molecular formula is C20H28N2O5. The maximum Gasteiger partial charge on any atom is 0.321 e. The van der Waals surface area contributed by atoms with Crippen LogP contribution in [-0.4, -0.2) is 36.7 Å². The molecule has 1 aliphatic carbocycles. The molecule has 1 aromatic rings. The van der Waals surface area contributed by atoms with Gasteiger partial charge >= 0.3 is 12.0 Å². The fourth-order valence-electron chi connectivity index (χ4n) is 2.95. The molecule has 0 spiro atoms. The minimum Gasteiger partial charge on any atom is -0.493 e. The summed E-state index contributed by atoms with van der Waals surface area (Å²) in [7, 11) is 0. The van der Waals surface area contributed by atoms with Crippen molar-refractivity contribution in [2.75, 3.05) is 6.61 Å². The summed E-state index contributed by atoms with van der Waals surface area (Å²) in [6.45, 7) is 3.50. The molecule has 1 fully saturated rings. The van der Waals surface area contributed by atoms with Gasteiger partial charge in [0.15, 0.2) is 6.10 Å². The van der Waals surface area contributed by atoms with Crippen LogP contribution in [0.4, 0.5) is 4.79 Å². The third-order valence-corrected chi connectivity index (χ3v) is 4.51. The van der Waals surface area contributed by atoms with Crippen molar-refractivity contribution in [3.63, 3.8) is 0 Å². The molecular weight excluding hydrogens is 348 g/mol. The number of carbonyl (C=O) groups excluding carboxylic acids is 3. The minimum absolute atomic E-state index is 0.0141. The van der Waals surface area contributed by atoms with Crippen molar-refractivity contribution in [1.29, 1.82) is 0 Å². The van der Waals surface area contributed by atoms with Gasteiger partial charge in [-0.1, -0.05) is 37.5 Å². The maximum atomic E-state index is 12.0. The summed E-state index contributed by atoms with van der Waals surface area (Å²) < 4.78 is 10.6. The van der Waals surface area contributed by atoms with Gasteiger partial charge in [0.2, 0.25) is 0 Å². The Labute approximate surface area is 159 Å². The number of para-hydroxylation sites is 1. The van der Waals surface area contributed by atoms with E-state index in [0.29, 0.717) is 5.75 Å². The normalized spacial score (nSPS) is 15.5. The van der Waals surface area contributed by atoms with Gasteiger partial charge in [-0.05, 0) is 38.3 Å². The standard InChI is InChI=1S/C20H28N2O5/c1-14-8-6-7-11-17(14)26-13-12-18(23)27-15(2)19(24)22-20(25)21-16-9-4-3-5-10-16/h6-8,11,15-16H,3-5,9-10,12-13H2,1-2H3,(H2,21,22,24,25). The highest BCUT2D eigenvalue weighted by Gasteiger charge is 2.22. The van der Waals surface area contributed by atoms with Crippen LogP contribution < -0.4 is 15.4 Å². The summed E-state index contributed by atoms with van der Waals surface area (Å²) in [6.07, 6.45) is 4.15. The monoisotopic (exact) mass is 376 g/mol. The first-order valence-electron chi connectivity index (χ1n) is 9.45. The van der Waals surface area contributed by atoms with Crippen molar-refractivity contribution in [1.82, 2.24) is 10.6 Å². The van der Waals surface area contributed by atoms with Crippen LogP contribution in [0.2, 0.25) is 0 Å². The van der Waals surface area contributed by atoms with Crippen LogP contribution in [0, 0.1) is 6.92 Å². The van der Waals surface area contributed by atoms with E-state index in [0.717, 1.165) is 31.2 Å². The third-order valence-electron chi connectivity index (χ3n) is 4.51. The zero-order valence-corrected chi connectivity index (χ0v) is 16.0. The third kappa shape index (κ3) is 7.29. The van der Waals surface area contributed by atoms with Gasteiger partial charge in [-0.2, -0.15) is 0 Å². The number of nitrogens with one attached hydrogen (secondary N) is 2. The average Bonchev–Trinajstić information content (AvgIpc) is 2.64. The van der Waals surface area contributed by atoms with Crippen molar-refractivity contribution >= 4 is 17.9 Å². The summed E-state index contributed by atoms with van der Waals surface area (Å²) >= 11 is 0. The van der Waals surface area contributed by atoms with E-state index in [1.54, 1.807) is 0 Å². The zero-order chi connectivity index (χ0) is 19.6. The Morgan fingerprint density at radius 3 is 2.56 bits per heavy atom. The van der Waals surface area contributed by atoms with Crippen LogP contribution in [0.1, 0.15) is 51.0 Å². The number of esters is 1. The van der Waals surface area contributed by atoms with Crippen LogP contribution in [0.5, 0.6) is 5.75 Å². The SMILES string of the molecule is Cc1ccccc1OCCC(=O)OC(C)C(=O)NC(=O)NC1CCCCC1. The van der Waals surface area contributed by atoms with E-state index in [1.807, 2.05) is 31.2 Å². The molecule has 27 heavy (non-hydrogen) atoms. The van der Waals surface area contributed by atoms with Crippen molar-refractivity contribution < 1.29 is 23.9 Å². The van der Waals surface area contributed by atoms with E-state index >= 15 is 0 Å². The number of hydrogen-bond donors (Lipinski definition) is 2. The molecule has 0 saturated heterocycles. The lowest BCUT2D eigenvalue weighted by Gasteiger charge is -2.23. The molecule has 2 N–H and O–H groups in total. The number of carbonyl (C=O) groups is 3. The Morgan fingerprint density at radius 1 is 1.15 bits per heavy atom. The van der Waals surface area contributed by atoms with Gasteiger partial charge in [0.1, 0.15) is 5.75 Å². The number of urea groups is 1. The lowest BCUT2D eigenvalue weighted by Crippen LogP contribution is -2.48. The Hall–Kier alpha value is -2.57. The largest absolute Gasteiger partial charge is 0.493 e. The number of hydrogen-bond acceptors (Lipinski definition) is 5. The first-order chi connectivity index (χ1) is 13.0. The number of benzene rings is 1. The van der Waals surface area contributed by atoms with E-state index in [2.05, 4.69) is 10.6 Å². The van der Waals surface area contributed by atoms with Gasteiger partial charge in [0.25, 0.3) is 5.91 Å². The molecule has 3 amide bonds. The minimum atomic E-state index is -1.05. The summed E-state index contributed by atoms with van der Waals surface area (Å²) in [5, 5.41) is 5.01. The molecule has 2 rings (SSSR count). The summed E-state index contributed by atoms with van der Waals surface area (Å²) in [5.74, 6) is -0.495. The van der Waals surface area contributed by atoms with Gasteiger partial charge in [-0.25, -0.2) is 4.79 Å². The van der Waals surface area contributed by atoms with Crippen molar-refractivity contribution in [3.8, 4) is 5.75 Å². The number of ether oxygens (including phenoxy) is 2. The number of aryl methyl sites for hydroxylation is 1. The van der Waals surface area contributed by atoms with Gasteiger partial charge in [-0.3, -0.25) is 14.9 Å². The van der Waals surface area contributed by atoms with Crippen LogP contribution >= 0.6 is 0 Å². The van der Waals surface area contributed by atoms with Gasteiger partial charge in [-0.15, -0.1) is 0 Å². The molecule has 1 aliphatic rings. The molecule has 148 valence electrons. The zero-order valence-electron chi connectivity index (χ0n) is 16.0. The van der Waals surface area contributed by atoms with Gasteiger partial charge in [0, 0.05) is 6.04 Å². The van der Waals surface area contributed by atoms with E-state index in [4.69, 9.17) is 9.47 Å². The van der Waals surface area contributed by atoms with E-state index < -0.39 is 24.0 Å². The highest BCUT2D eigenvalue weighted by molar-refractivity contribution is 5.97. The molecule has 0 radical (unpaired) electrons. The Morgan fingerprint density at radius 2 is 1.85 bits per heavy atom. The fraction of sp³-hybridized carbons (Fsp3) is 0.550. The van der Waals surface area contributed by atoms with E-state index in [-0.39, 0.29) is 19.1 Å². The molecule has 0 aromatic heterocycles. The van der Waals surface area contributed by atoms with Crippen LogP contribution in [0.15, 0.2) is 24.3 Å². The molecule has 1 aromatic carbocycles. The molecule has 1 atom stereocenters. The van der Waals surface area contributed by atoms with Crippen LogP contribution in [0.25, 0.3) is 0 Å². The molecule has 0 aliphatic heterocycles. The Kier molecular flexibility index (Phi) is 8.10. The summed E-state index contributed by atoms with van der Waals surface area (Å²) in [4.78, 5) is 35.7. The first-order valence-corrected chi connectivity index (χ1v) is 9.45. The van der Waals surface area contributed by atoms with Gasteiger partial charge in [0.05, 0.1) is 13.0 Å². The quantitative estimate of drug-likeness (QED) is 0.714. The predicted octanol–water partition coefficient (Wildman–Crippen LogP) is 2.85. The molecule has 1 saturated carbocycles. The second-order valence-electron chi connectivity index (χ2n) is 6.79. The lowest BCUT2D eigenvalue weighted by molar-refractivity contribution is -0.154. The second kappa shape index (κ2) is 10.5. The van der Waals surface area contributed by atoms with Crippen molar-refractivity contribution in [2.45, 2.75) is 64.5 Å². The average molecular weight is 376 g/mol. The van der Waals surface area contributed by atoms with E-state index in [9.17, 15) is 14.4 Å². The van der Waals surface area contributed by atoms with Crippen LogP contribution in [-0.2, 0) is 14.3 Å². The van der Waals surface area contributed by atoms with Crippen molar-refractivity contribution in [3.05, 3.63) is 29.8 Å². The fourth-order valence-corrected chi connectivity index (χ4v) is 2.95. The molecule has 0 heterocycles. The predicted molar refractivity (Wildman–Crippen MR) is 100 cm³/mol. The molecule has 7 nitrogen and oxygen atoms in total. The van der Waals surface area contributed by atoms with Crippen molar-refractivity contribution in [2.24, 2.45) is 0 Å². The first kappa shape index (κ1) is 20.7.